The van der Waals surface area contributed by atoms with Gasteiger partial charge in [-0.1, -0.05) is 17.7 Å². The second-order valence-corrected chi connectivity index (χ2v) is 14.9. The van der Waals surface area contributed by atoms with Crippen molar-refractivity contribution >= 4 is 60.7 Å². The summed E-state index contributed by atoms with van der Waals surface area (Å²) in [4.78, 5) is 29.2. The van der Waals surface area contributed by atoms with E-state index in [0.29, 0.717) is 43.0 Å². The van der Waals surface area contributed by atoms with Gasteiger partial charge in [0.25, 0.3) is 5.91 Å². The first-order valence-corrected chi connectivity index (χ1v) is 17.7. The number of likely N-dealkylation sites (tertiary alicyclic amines) is 2. The number of rotatable bonds is 6. The van der Waals surface area contributed by atoms with Crippen LogP contribution in [0.15, 0.2) is 30.5 Å². The van der Waals surface area contributed by atoms with Crippen LogP contribution in [0.3, 0.4) is 0 Å². The highest BCUT2D eigenvalue weighted by molar-refractivity contribution is 7.23. The van der Waals surface area contributed by atoms with Crippen LogP contribution in [-0.4, -0.2) is 86.4 Å². The van der Waals surface area contributed by atoms with E-state index in [2.05, 4.69) is 22.0 Å². The molecule has 3 saturated heterocycles. The summed E-state index contributed by atoms with van der Waals surface area (Å²) < 4.78 is 40.1. The number of nitrogens with two attached hydrogens (primary N) is 1. The van der Waals surface area contributed by atoms with Crippen molar-refractivity contribution in [3.8, 4) is 23.2 Å². The number of nitrogen functional groups attached to an aromatic ring is 1. The number of amides is 1. The lowest BCUT2D eigenvalue weighted by Gasteiger charge is -2.50. The van der Waals surface area contributed by atoms with Gasteiger partial charge in [0.05, 0.1) is 20.8 Å². The number of nitriles is 1. The SMILES string of the molecule is C[C@H](Oc1nc(N2CCC3(CCN3C(=O)c3ccnn3C)C2)c2cc(Cl)c(-c3ccc(F)c4sc(N)c(C#N)c34)c(F)c2n1)[C@@H]1CCCN1C. The summed E-state index contributed by atoms with van der Waals surface area (Å²) in [5.74, 6) is -0.957. The number of halogens is 3. The van der Waals surface area contributed by atoms with Crippen LogP contribution >= 0.6 is 22.9 Å². The van der Waals surface area contributed by atoms with E-state index >= 15 is 4.39 Å². The molecule has 3 aliphatic heterocycles. The van der Waals surface area contributed by atoms with Crippen molar-refractivity contribution in [3.63, 3.8) is 0 Å². The van der Waals surface area contributed by atoms with Crippen molar-refractivity contribution in [3.05, 3.63) is 58.4 Å². The minimum absolute atomic E-state index is 0.0200. The monoisotopic (exact) mass is 717 g/mol. The Labute approximate surface area is 295 Å². The van der Waals surface area contributed by atoms with Gasteiger partial charge in [0.15, 0.2) is 5.82 Å². The highest BCUT2D eigenvalue weighted by Gasteiger charge is 2.52. The normalized spacial score (nSPS) is 21.3. The van der Waals surface area contributed by atoms with E-state index in [1.807, 2.05) is 22.8 Å². The lowest BCUT2D eigenvalue weighted by molar-refractivity contribution is 0.00729. The molecule has 50 heavy (non-hydrogen) atoms. The maximum Gasteiger partial charge on any atom is 0.319 e. The zero-order valence-electron chi connectivity index (χ0n) is 27.7. The third kappa shape index (κ3) is 4.97. The van der Waals surface area contributed by atoms with Crippen molar-refractivity contribution in [2.24, 2.45) is 7.05 Å². The molecule has 2 aromatic carbocycles. The predicted molar refractivity (Wildman–Crippen MR) is 189 cm³/mol. The second-order valence-electron chi connectivity index (χ2n) is 13.5. The third-order valence-electron chi connectivity index (χ3n) is 10.7. The number of carbonyl (C=O) groups is 1. The summed E-state index contributed by atoms with van der Waals surface area (Å²) in [6.45, 7) is 4.57. The standard InChI is InChI=1S/C35H34ClF2N9O2S/c1-18(24-5-4-12-44(24)2)49-34-42-29-20(15-22(36)27(28(29)38)19-6-7-23(37)30-26(19)21(16-39)31(40)50-30)32(43-34)46-13-9-35(17-46)10-14-47(35)33(48)25-8-11-41-45(25)3/h6-8,11,15,18,24H,4-5,9-10,12-14,17,40H2,1-3H3/t18-,24-,35?/m0/s1. The van der Waals surface area contributed by atoms with Crippen LogP contribution in [0.2, 0.25) is 5.02 Å². The Hall–Kier alpha value is -4.58. The van der Waals surface area contributed by atoms with Crippen molar-refractivity contribution in [1.82, 2.24) is 29.5 Å². The number of carbonyl (C=O) groups excluding carboxylic acids is 1. The molecule has 0 bridgehead atoms. The smallest absolute Gasteiger partial charge is 0.319 e. The Kier molecular flexibility index (Phi) is 7.85. The van der Waals surface area contributed by atoms with Crippen molar-refractivity contribution in [2.45, 2.75) is 50.3 Å². The molecule has 8 rings (SSSR count). The van der Waals surface area contributed by atoms with E-state index in [9.17, 15) is 14.4 Å². The number of anilines is 2. The number of likely N-dealkylation sites (N-methyl/N-ethyl adjacent to an activating group) is 1. The van der Waals surface area contributed by atoms with E-state index in [1.54, 1.807) is 30.1 Å². The molecule has 0 saturated carbocycles. The molecule has 3 fully saturated rings. The van der Waals surface area contributed by atoms with Crippen molar-refractivity contribution in [1.29, 1.82) is 5.26 Å². The number of benzene rings is 2. The van der Waals surface area contributed by atoms with Gasteiger partial charge in [0.2, 0.25) is 0 Å². The molecule has 3 aromatic heterocycles. The van der Waals surface area contributed by atoms with Crippen LogP contribution in [0.25, 0.3) is 32.1 Å². The van der Waals surface area contributed by atoms with Gasteiger partial charge in [-0.05, 0) is 70.0 Å². The number of nitrogens with zero attached hydrogens (tertiary/aromatic N) is 8. The first-order chi connectivity index (χ1) is 24.0. The highest BCUT2D eigenvalue weighted by atomic mass is 35.5. The number of fused-ring (bicyclic) bond motifs is 2. The van der Waals surface area contributed by atoms with E-state index in [-0.39, 0.29) is 66.4 Å². The van der Waals surface area contributed by atoms with Crippen LogP contribution in [0.1, 0.15) is 48.7 Å². The van der Waals surface area contributed by atoms with Crippen LogP contribution in [0, 0.1) is 23.0 Å². The zero-order chi connectivity index (χ0) is 35.1. The fourth-order valence-electron chi connectivity index (χ4n) is 8.02. The van der Waals surface area contributed by atoms with Crippen LogP contribution in [0.4, 0.5) is 19.6 Å². The number of hydrogen-bond acceptors (Lipinski definition) is 10. The quantitative estimate of drug-likeness (QED) is 0.225. The van der Waals surface area contributed by atoms with Gasteiger partial charge in [-0.2, -0.15) is 20.3 Å². The Balaban J connectivity index is 1.25. The van der Waals surface area contributed by atoms with Crippen LogP contribution in [-0.2, 0) is 7.05 Å². The summed E-state index contributed by atoms with van der Waals surface area (Å²) in [7, 11) is 3.80. The molecule has 0 radical (unpaired) electrons. The Morgan fingerprint density at radius 3 is 2.68 bits per heavy atom. The second kappa shape index (κ2) is 12.0. The average Bonchev–Trinajstić information content (AvgIpc) is 3.88. The lowest BCUT2D eigenvalue weighted by atomic mass is 9.83. The topological polar surface area (TPSA) is 129 Å². The summed E-state index contributed by atoms with van der Waals surface area (Å²) in [5.41, 5.74) is 6.43. The number of aryl methyl sites for hydroxylation is 1. The van der Waals surface area contributed by atoms with E-state index < -0.39 is 17.2 Å². The van der Waals surface area contributed by atoms with Crippen LogP contribution in [0.5, 0.6) is 6.01 Å². The van der Waals surface area contributed by atoms with E-state index in [4.69, 9.17) is 27.1 Å². The molecule has 3 atom stereocenters. The molecule has 258 valence electrons. The Morgan fingerprint density at radius 2 is 2.00 bits per heavy atom. The highest BCUT2D eigenvalue weighted by Crippen LogP contribution is 2.47. The predicted octanol–water partition coefficient (Wildman–Crippen LogP) is 5.99. The van der Waals surface area contributed by atoms with Gasteiger partial charge < -0.3 is 20.3 Å². The van der Waals surface area contributed by atoms with Gasteiger partial charge in [0, 0.05) is 55.3 Å². The molecule has 15 heteroatoms. The zero-order valence-corrected chi connectivity index (χ0v) is 29.3. The largest absolute Gasteiger partial charge is 0.459 e. The van der Waals surface area contributed by atoms with Gasteiger partial charge in [-0.15, -0.1) is 11.3 Å². The first-order valence-electron chi connectivity index (χ1n) is 16.5. The summed E-state index contributed by atoms with van der Waals surface area (Å²) in [5, 5.41) is 14.8. The minimum atomic E-state index is -0.751. The first kappa shape index (κ1) is 32.6. The lowest BCUT2D eigenvalue weighted by Crippen LogP contribution is -2.63. The van der Waals surface area contributed by atoms with Gasteiger partial charge in [-0.3, -0.25) is 14.4 Å². The average molecular weight is 718 g/mol. The van der Waals surface area contributed by atoms with E-state index in [0.717, 1.165) is 37.1 Å². The molecule has 2 N–H and O–H groups in total. The number of thiophene rings is 1. The van der Waals surface area contributed by atoms with Gasteiger partial charge in [0.1, 0.15) is 40.0 Å². The Morgan fingerprint density at radius 1 is 1.20 bits per heavy atom. The molecule has 0 aliphatic carbocycles. The minimum Gasteiger partial charge on any atom is -0.459 e. The van der Waals surface area contributed by atoms with Crippen LogP contribution < -0.4 is 15.4 Å². The van der Waals surface area contributed by atoms with E-state index in [1.165, 1.54) is 12.1 Å². The van der Waals surface area contributed by atoms with Crippen molar-refractivity contribution in [2.75, 3.05) is 43.9 Å². The molecule has 6 heterocycles. The van der Waals surface area contributed by atoms with Gasteiger partial charge >= 0.3 is 6.01 Å². The molecule has 1 spiro atoms. The maximum atomic E-state index is 17.1. The van der Waals surface area contributed by atoms with Gasteiger partial charge in [-0.25, -0.2) is 8.78 Å². The fraction of sp³-hybridized carbons (Fsp3) is 0.400. The molecular weight excluding hydrogens is 684 g/mol. The molecule has 1 unspecified atom stereocenters. The third-order valence-corrected chi connectivity index (χ3v) is 12.1. The number of aromatic nitrogens is 4. The molecule has 11 nitrogen and oxygen atoms in total. The summed E-state index contributed by atoms with van der Waals surface area (Å²) >= 11 is 7.83. The fourth-order valence-corrected chi connectivity index (χ4v) is 9.27. The molecule has 5 aromatic rings. The van der Waals surface area contributed by atoms with Crippen molar-refractivity contribution < 1.29 is 18.3 Å². The number of hydrogen-bond donors (Lipinski definition) is 1. The Bertz CT molecular complexity index is 2250. The molecule has 3 aliphatic rings. The summed E-state index contributed by atoms with van der Waals surface area (Å²) in [6.07, 6.45) is 4.83. The number of ether oxygens (including phenoxy) is 1. The molecular formula is C35H34ClF2N9O2S. The summed E-state index contributed by atoms with van der Waals surface area (Å²) in [6, 6.07) is 8.16. The maximum absolute atomic E-state index is 17.1. The molecule has 1 amide bonds.